The number of hydrogen-bond acceptors (Lipinski definition) is 3. The Kier molecular flexibility index (Phi) is 5.49. The van der Waals surface area contributed by atoms with Crippen LogP contribution in [0, 0.1) is 0 Å². The number of halogens is 3. The fourth-order valence-electron chi connectivity index (χ4n) is 0.635. The maximum atomic E-state index is 12.1. The number of rotatable bonds is 2. The number of anilines is 1. The first-order valence-electron chi connectivity index (χ1n) is 3.24. The van der Waals surface area contributed by atoms with Crippen molar-refractivity contribution in [3.63, 3.8) is 0 Å². The first kappa shape index (κ1) is 13.9. The van der Waals surface area contributed by atoms with Gasteiger partial charge in [-0.25, -0.2) is 4.98 Å². The van der Waals surface area contributed by atoms with E-state index in [9.17, 15) is 12.9 Å². The van der Waals surface area contributed by atoms with Crippen LogP contribution in [-0.2, 0) is 0 Å². The van der Waals surface area contributed by atoms with Crippen LogP contribution in [0.5, 0.6) is 0 Å². The van der Waals surface area contributed by atoms with Crippen molar-refractivity contribution >= 4 is 28.2 Å². The molecule has 68 valence electrons. The zero-order valence-electron chi connectivity index (χ0n) is 7.59. The SMILES string of the molecule is CN(C)c1ncc([B-](F)(F)F)s1.[K+]. The molecule has 1 heterocycles. The van der Waals surface area contributed by atoms with Crippen molar-refractivity contribution in [2.24, 2.45) is 0 Å². The third-order valence-corrected chi connectivity index (χ3v) is 2.48. The van der Waals surface area contributed by atoms with E-state index in [1.165, 1.54) is 0 Å². The third kappa shape index (κ3) is 3.88. The minimum atomic E-state index is -4.88. The van der Waals surface area contributed by atoms with Crippen LogP contribution in [0.3, 0.4) is 0 Å². The van der Waals surface area contributed by atoms with Crippen LogP contribution in [-0.4, -0.2) is 26.1 Å². The van der Waals surface area contributed by atoms with Gasteiger partial charge in [0.2, 0.25) is 0 Å². The molecule has 0 fully saturated rings. The molecule has 0 N–H and O–H groups in total. The van der Waals surface area contributed by atoms with Gasteiger partial charge in [-0.2, -0.15) is 0 Å². The number of thiazole rings is 1. The largest absolute Gasteiger partial charge is 1.00 e. The molecule has 1 rings (SSSR count). The molecule has 0 aliphatic heterocycles. The van der Waals surface area contributed by atoms with Gasteiger partial charge in [-0.3, -0.25) is 0 Å². The predicted octanol–water partition coefficient (Wildman–Crippen LogP) is -1.73. The van der Waals surface area contributed by atoms with E-state index in [4.69, 9.17) is 0 Å². The standard InChI is InChI=1S/C5H7BF3N2S.K/c1-11(2)5-10-3-4(12-5)6(7,8)9;/h3H,1-2H3;/q-1;+1. The van der Waals surface area contributed by atoms with Gasteiger partial charge in [-0.15, -0.1) is 11.3 Å². The van der Waals surface area contributed by atoms with E-state index < -0.39 is 11.8 Å². The van der Waals surface area contributed by atoms with E-state index >= 15 is 0 Å². The predicted molar refractivity (Wildman–Crippen MR) is 45.2 cm³/mol. The van der Waals surface area contributed by atoms with Gasteiger partial charge in [-0.1, -0.05) is 0 Å². The fourth-order valence-corrected chi connectivity index (χ4v) is 1.37. The summed E-state index contributed by atoms with van der Waals surface area (Å²) < 4.78 is 35.6. The number of hydrogen-bond donors (Lipinski definition) is 0. The average molecular weight is 234 g/mol. The molecule has 0 radical (unpaired) electrons. The van der Waals surface area contributed by atoms with Gasteiger partial charge < -0.3 is 17.8 Å². The van der Waals surface area contributed by atoms with Crippen LogP contribution in [0.15, 0.2) is 6.20 Å². The van der Waals surface area contributed by atoms with Crippen LogP contribution in [0.4, 0.5) is 18.1 Å². The van der Waals surface area contributed by atoms with Gasteiger partial charge >= 0.3 is 58.4 Å². The smallest absolute Gasteiger partial charge is 0.444 e. The van der Waals surface area contributed by atoms with Crippen molar-refractivity contribution < 1.29 is 64.3 Å². The Morgan fingerprint density at radius 1 is 1.38 bits per heavy atom. The van der Waals surface area contributed by atoms with Gasteiger partial charge in [0.05, 0.1) is 0 Å². The Morgan fingerprint density at radius 3 is 2.15 bits per heavy atom. The molecule has 0 bridgehead atoms. The van der Waals surface area contributed by atoms with Crippen LogP contribution in [0.25, 0.3) is 0 Å². The Morgan fingerprint density at radius 2 is 1.92 bits per heavy atom. The summed E-state index contributed by atoms with van der Waals surface area (Å²) in [7, 11) is 3.32. The summed E-state index contributed by atoms with van der Waals surface area (Å²) in [6.45, 7) is -4.88. The summed E-state index contributed by atoms with van der Waals surface area (Å²) in [6.07, 6.45) is 0.875. The second-order valence-electron chi connectivity index (χ2n) is 2.51. The summed E-state index contributed by atoms with van der Waals surface area (Å²) in [6, 6.07) is 0. The van der Waals surface area contributed by atoms with Crippen LogP contribution < -0.4 is 61.1 Å². The molecular formula is C5H7BF3KN2S. The maximum Gasteiger partial charge on any atom is 1.00 e. The molecule has 0 spiro atoms. The molecule has 8 heteroatoms. The van der Waals surface area contributed by atoms with Gasteiger partial charge in [0.15, 0.2) is 5.13 Å². The average Bonchev–Trinajstić information content (AvgIpc) is 2.30. The van der Waals surface area contributed by atoms with E-state index in [2.05, 4.69) is 4.98 Å². The molecule has 1 aromatic heterocycles. The minimum absolute atomic E-state index is 0. The summed E-state index contributed by atoms with van der Waals surface area (Å²) in [5, 5.41) is 0.379. The van der Waals surface area contributed by atoms with E-state index in [-0.39, 0.29) is 51.4 Å². The summed E-state index contributed by atoms with van der Waals surface area (Å²) in [4.78, 5) is 5.17. The topological polar surface area (TPSA) is 16.1 Å². The quantitative estimate of drug-likeness (QED) is 0.565. The molecule has 0 saturated heterocycles. The molecule has 13 heavy (non-hydrogen) atoms. The maximum absolute atomic E-state index is 12.1. The zero-order chi connectivity index (χ0) is 9.35. The monoisotopic (exact) mass is 234 g/mol. The minimum Gasteiger partial charge on any atom is -0.444 e. The molecule has 1 aromatic rings. The van der Waals surface area contributed by atoms with Gasteiger partial charge in [0, 0.05) is 20.3 Å². The fraction of sp³-hybridized carbons (Fsp3) is 0.400. The van der Waals surface area contributed by atoms with Gasteiger partial charge in [0.1, 0.15) is 0 Å². The Hall–Kier alpha value is 0.921. The third-order valence-electron chi connectivity index (χ3n) is 1.22. The van der Waals surface area contributed by atoms with Crippen LogP contribution in [0.1, 0.15) is 0 Å². The summed E-state index contributed by atoms with van der Waals surface area (Å²) in [5.74, 6) is 0. The van der Waals surface area contributed by atoms with Crippen molar-refractivity contribution in [2.75, 3.05) is 19.0 Å². The Bertz CT molecular complexity index is 275. The Balaban J connectivity index is 0.00000144. The van der Waals surface area contributed by atoms with Crippen molar-refractivity contribution in [1.29, 1.82) is 0 Å². The summed E-state index contributed by atoms with van der Waals surface area (Å²) >= 11 is 0.666. The zero-order valence-corrected chi connectivity index (χ0v) is 11.5. The van der Waals surface area contributed by atoms with Crippen molar-refractivity contribution in [1.82, 2.24) is 4.98 Å². The van der Waals surface area contributed by atoms with Crippen LogP contribution >= 0.6 is 11.3 Å². The second-order valence-corrected chi connectivity index (χ2v) is 3.56. The molecule has 0 saturated carbocycles. The summed E-state index contributed by atoms with van der Waals surface area (Å²) in [5.41, 5.74) is 0. The molecular weight excluding hydrogens is 227 g/mol. The first-order chi connectivity index (χ1) is 5.41. The van der Waals surface area contributed by atoms with Gasteiger partial charge in [-0.05, 0) is 4.78 Å². The molecule has 0 aromatic carbocycles. The second kappa shape index (κ2) is 5.13. The van der Waals surface area contributed by atoms with Crippen molar-refractivity contribution in [3.8, 4) is 0 Å². The van der Waals surface area contributed by atoms with E-state index in [0.717, 1.165) is 6.20 Å². The number of nitrogens with zero attached hydrogens (tertiary/aromatic N) is 2. The molecule has 2 nitrogen and oxygen atoms in total. The van der Waals surface area contributed by atoms with E-state index in [0.29, 0.717) is 16.5 Å². The van der Waals surface area contributed by atoms with Crippen molar-refractivity contribution in [3.05, 3.63) is 6.20 Å². The first-order valence-corrected chi connectivity index (χ1v) is 4.06. The molecule has 0 aliphatic carbocycles. The Labute approximate surface area is 121 Å². The van der Waals surface area contributed by atoms with E-state index in [1.807, 2.05) is 0 Å². The van der Waals surface area contributed by atoms with Gasteiger partial charge in [0.25, 0.3) is 0 Å². The van der Waals surface area contributed by atoms with Crippen LogP contribution in [0.2, 0.25) is 0 Å². The van der Waals surface area contributed by atoms with Crippen molar-refractivity contribution in [2.45, 2.75) is 0 Å². The molecule has 0 aliphatic rings. The molecule has 0 amide bonds. The number of aromatic nitrogens is 1. The van der Waals surface area contributed by atoms with E-state index in [1.54, 1.807) is 19.0 Å². The molecule has 0 unspecified atom stereocenters. The molecule has 0 atom stereocenters. The normalized spacial score (nSPS) is 10.8.